The van der Waals surface area contributed by atoms with Gasteiger partial charge in [0.05, 0.1) is 12.1 Å². The van der Waals surface area contributed by atoms with Gasteiger partial charge in [-0.25, -0.2) is 0 Å². The number of nitrogens with two attached hydrogens (primary N) is 1. The van der Waals surface area contributed by atoms with E-state index in [9.17, 15) is 0 Å². The fourth-order valence-electron chi connectivity index (χ4n) is 2.62. The van der Waals surface area contributed by atoms with Crippen LogP contribution >= 0.6 is 0 Å². The molecule has 1 aromatic carbocycles. The zero-order valence-electron chi connectivity index (χ0n) is 13.5. The third kappa shape index (κ3) is 4.58. The summed E-state index contributed by atoms with van der Waals surface area (Å²) in [6.45, 7) is 9.03. The molecule has 0 bridgehead atoms. The third-order valence-electron chi connectivity index (χ3n) is 3.73. The number of benzene rings is 1. The molecule has 3 heteroatoms. The lowest BCUT2D eigenvalue weighted by Crippen LogP contribution is -2.18. The average Bonchev–Trinajstić information content (AvgIpc) is 2.82. The molecule has 3 nitrogen and oxygen atoms in total. The summed E-state index contributed by atoms with van der Waals surface area (Å²) in [4.78, 5) is 0. The van der Waals surface area contributed by atoms with Crippen molar-refractivity contribution in [2.75, 3.05) is 13.2 Å². The maximum atomic E-state index is 5.97. The quantitative estimate of drug-likeness (QED) is 0.754. The lowest BCUT2D eigenvalue weighted by Gasteiger charge is -2.12. The Morgan fingerprint density at radius 2 is 1.95 bits per heavy atom. The first kappa shape index (κ1) is 16.1. The number of ether oxygens (including phenoxy) is 1. The Balaban J connectivity index is 2.02. The van der Waals surface area contributed by atoms with Crippen molar-refractivity contribution in [2.45, 2.75) is 46.2 Å². The molecule has 0 saturated carbocycles. The highest BCUT2D eigenvalue weighted by atomic mass is 16.5. The van der Waals surface area contributed by atoms with Gasteiger partial charge in [0.15, 0.2) is 0 Å². The van der Waals surface area contributed by atoms with Gasteiger partial charge in [-0.1, -0.05) is 32.0 Å². The maximum Gasteiger partial charge on any atom is 0.0645 e. The van der Waals surface area contributed by atoms with Crippen molar-refractivity contribution in [1.29, 1.82) is 0 Å². The largest absolute Gasteiger partial charge is 0.380 e. The van der Waals surface area contributed by atoms with E-state index in [1.165, 1.54) is 16.5 Å². The standard InChI is InChI=1S/C18H28N2O/c1-14(2)8-11-21-12-10-20-9-7-16-5-4-6-17(18(16)20)13-15(3)19/h4-7,9,14-15H,8,10-13,19H2,1-3H3. The predicted molar refractivity (Wildman–Crippen MR) is 89.6 cm³/mol. The number of hydrogen-bond acceptors (Lipinski definition) is 2. The van der Waals surface area contributed by atoms with Crippen LogP contribution in [0.4, 0.5) is 0 Å². The van der Waals surface area contributed by atoms with Gasteiger partial charge in [0.25, 0.3) is 0 Å². The predicted octanol–water partition coefficient (Wildman–Crippen LogP) is 3.59. The zero-order chi connectivity index (χ0) is 15.2. The first-order valence-corrected chi connectivity index (χ1v) is 7.98. The van der Waals surface area contributed by atoms with Crippen LogP contribution in [0.3, 0.4) is 0 Å². The van der Waals surface area contributed by atoms with Gasteiger partial charge in [0.1, 0.15) is 0 Å². The van der Waals surface area contributed by atoms with Crippen LogP contribution in [-0.2, 0) is 17.7 Å². The molecule has 1 atom stereocenters. The van der Waals surface area contributed by atoms with Crippen molar-refractivity contribution >= 4 is 10.9 Å². The summed E-state index contributed by atoms with van der Waals surface area (Å²) in [7, 11) is 0. The minimum absolute atomic E-state index is 0.182. The lowest BCUT2D eigenvalue weighted by atomic mass is 10.0. The first-order valence-electron chi connectivity index (χ1n) is 7.98. The van der Waals surface area contributed by atoms with E-state index in [1.807, 2.05) is 0 Å². The molecule has 0 amide bonds. The molecule has 21 heavy (non-hydrogen) atoms. The van der Waals surface area contributed by atoms with Crippen molar-refractivity contribution in [3.05, 3.63) is 36.0 Å². The summed E-state index contributed by atoms with van der Waals surface area (Å²) in [5.74, 6) is 0.704. The van der Waals surface area contributed by atoms with E-state index >= 15 is 0 Å². The van der Waals surface area contributed by atoms with E-state index < -0.39 is 0 Å². The molecule has 2 rings (SSSR count). The molecular weight excluding hydrogens is 260 g/mol. The molecule has 0 saturated heterocycles. The van der Waals surface area contributed by atoms with Crippen molar-refractivity contribution in [3.8, 4) is 0 Å². The van der Waals surface area contributed by atoms with Gasteiger partial charge in [0.2, 0.25) is 0 Å². The normalized spacial score (nSPS) is 13.2. The second kappa shape index (κ2) is 7.62. The van der Waals surface area contributed by atoms with Crippen molar-refractivity contribution in [1.82, 2.24) is 4.57 Å². The van der Waals surface area contributed by atoms with E-state index in [0.29, 0.717) is 5.92 Å². The summed E-state index contributed by atoms with van der Waals surface area (Å²) in [5.41, 5.74) is 8.60. The molecule has 0 spiro atoms. The Bertz CT molecular complexity index is 557. The smallest absolute Gasteiger partial charge is 0.0645 e. The number of nitrogens with zero attached hydrogens (tertiary/aromatic N) is 1. The van der Waals surface area contributed by atoms with Crippen LogP contribution in [0.25, 0.3) is 10.9 Å². The van der Waals surface area contributed by atoms with E-state index in [1.54, 1.807) is 0 Å². The Kier molecular flexibility index (Phi) is 5.83. The highest BCUT2D eigenvalue weighted by Gasteiger charge is 2.08. The van der Waals surface area contributed by atoms with Crippen LogP contribution in [-0.4, -0.2) is 23.8 Å². The second-order valence-corrected chi connectivity index (χ2v) is 6.34. The van der Waals surface area contributed by atoms with Crippen LogP contribution in [0.1, 0.15) is 32.8 Å². The Labute approximate surface area is 128 Å². The minimum Gasteiger partial charge on any atom is -0.380 e. The Hall–Kier alpha value is -1.32. The molecule has 0 aliphatic heterocycles. The van der Waals surface area contributed by atoms with Crippen molar-refractivity contribution < 1.29 is 4.74 Å². The van der Waals surface area contributed by atoms with Crippen LogP contribution in [0.15, 0.2) is 30.5 Å². The van der Waals surface area contributed by atoms with Gasteiger partial charge >= 0.3 is 0 Å². The highest BCUT2D eigenvalue weighted by Crippen LogP contribution is 2.21. The lowest BCUT2D eigenvalue weighted by molar-refractivity contribution is 0.117. The molecular formula is C18H28N2O. The molecule has 2 aromatic rings. The molecule has 2 N–H and O–H groups in total. The van der Waals surface area contributed by atoms with Crippen LogP contribution in [0.2, 0.25) is 0 Å². The monoisotopic (exact) mass is 288 g/mol. The Morgan fingerprint density at radius 3 is 2.67 bits per heavy atom. The maximum absolute atomic E-state index is 5.97. The van der Waals surface area contributed by atoms with Gasteiger partial charge in [0, 0.05) is 25.4 Å². The van der Waals surface area contributed by atoms with Gasteiger partial charge in [-0.3, -0.25) is 0 Å². The van der Waals surface area contributed by atoms with Crippen LogP contribution < -0.4 is 5.73 Å². The molecule has 1 heterocycles. The molecule has 1 unspecified atom stereocenters. The SMILES string of the molecule is CC(C)CCOCCn1ccc2cccc(CC(C)N)c21. The number of hydrogen-bond donors (Lipinski definition) is 1. The summed E-state index contributed by atoms with van der Waals surface area (Å²) < 4.78 is 8.04. The fraction of sp³-hybridized carbons (Fsp3) is 0.556. The van der Waals surface area contributed by atoms with Crippen molar-refractivity contribution in [3.63, 3.8) is 0 Å². The van der Waals surface area contributed by atoms with Crippen LogP contribution in [0, 0.1) is 5.92 Å². The number of fused-ring (bicyclic) bond motifs is 1. The van der Waals surface area contributed by atoms with Crippen molar-refractivity contribution in [2.24, 2.45) is 11.7 Å². The molecule has 0 aliphatic rings. The van der Waals surface area contributed by atoms with Crippen LogP contribution in [0.5, 0.6) is 0 Å². The van der Waals surface area contributed by atoms with E-state index in [-0.39, 0.29) is 6.04 Å². The summed E-state index contributed by atoms with van der Waals surface area (Å²) >= 11 is 0. The highest BCUT2D eigenvalue weighted by molar-refractivity contribution is 5.83. The van der Waals surface area contributed by atoms with E-state index in [2.05, 4.69) is 55.8 Å². The Morgan fingerprint density at radius 1 is 1.14 bits per heavy atom. The third-order valence-corrected chi connectivity index (χ3v) is 3.73. The number of para-hydroxylation sites is 1. The molecule has 116 valence electrons. The summed E-state index contributed by atoms with van der Waals surface area (Å²) in [6, 6.07) is 8.82. The molecule has 0 radical (unpaired) electrons. The van der Waals surface area contributed by atoms with Gasteiger partial charge < -0.3 is 15.0 Å². The summed E-state index contributed by atoms with van der Waals surface area (Å²) in [5, 5.41) is 1.29. The number of rotatable bonds is 8. The summed E-state index contributed by atoms with van der Waals surface area (Å²) in [6.07, 6.45) is 4.19. The van der Waals surface area contributed by atoms with E-state index in [0.717, 1.165) is 32.6 Å². The second-order valence-electron chi connectivity index (χ2n) is 6.34. The van der Waals surface area contributed by atoms with Gasteiger partial charge in [-0.05, 0) is 42.7 Å². The molecule has 1 aromatic heterocycles. The average molecular weight is 288 g/mol. The molecule has 0 fully saturated rings. The molecule has 0 aliphatic carbocycles. The zero-order valence-corrected chi connectivity index (χ0v) is 13.5. The van der Waals surface area contributed by atoms with Gasteiger partial charge in [-0.15, -0.1) is 0 Å². The fourth-order valence-corrected chi connectivity index (χ4v) is 2.62. The number of aromatic nitrogens is 1. The van der Waals surface area contributed by atoms with Gasteiger partial charge in [-0.2, -0.15) is 0 Å². The first-order chi connectivity index (χ1) is 10.1. The minimum atomic E-state index is 0.182. The van der Waals surface area contributed by atoms with E-state index in [4.69, 9.17) is 10.5 Å². The topological polar surface area (TPSA) is 40.2 Å².